The van der Waals surface area contributed by atoms with Gasteiger partial charge in [-0.15, -0.1) is 0 Å². The number of halogens is 1. The molecule has 2 N–H and O–H groups in total. The molecule has 1 aliphatic carbocycles. The van der Waals surface area contributed by atoms with Gasteiger partial charge in [0.1, 0.15) is 11.4 Å². The molecule has 0 saturated heterocycles. The van der Waals surface area contributed by atoms with Crippen LogP contribution in [-0.4, -0.2) is 23.7 Å². The van der Waals surface area contributed by atoms with Crippen LogP contribution in [0.1, 0.15) is 44.1 Å². The molecule has 1 fully saturated rings. The molecular formula is C16H20BrN3O2. The van der Waals surface area contributed by atoms with Crippen LogP contribution < -0.4 is 10.5 Å². The van der Waals surface area contributed by atoms with Crippen molar-refractivity contribution in [3.63, 3.8) is 0 Å². The zero-order valence-corrected chi connectivity index (χ0v) is 14.2. The van der Waals surface area contributed by atoms with Gasteiger partial charge in [0.2, 0.25) is 11.7 Å². The number of hydrogen-bond acceptors (Lipinski definition) is 5. The summed E-state index contributed by atoms with van der Waals surface area (Å²) in [4.78, 5) is 10.8. The molecule has 0 aromatic heterocycles. The van der Waals surface area contributed by atoms with E-state index in [1.807, 2.05) is 18.2 Å². The Bertz CT molecular complexity index is 642. The van der Waals surface area contributed by atoms with Crippen molar-refractivity contribution >= 4 is 21.9 Å². The Labute approximate surface area is 138 Å². The maximum atomic E-state index is 6.44. The molecule has 4 rings (SSSR count). The summed E-state index contributed by atoms with van der Waals surface area (Å²) in [6, 6.07) is 6.03. The maximum Gasteiger partial charge on any atom is 0.222 e. The highest BCUT2D eigenvalue weighted by molar-refractivity contribution is 9.10. The highest BCUT2D eigenvalue weighted by atomic mass is 79.9. The van der Waals surface area contributed by atoms with Gasteiger partial charge < -0.3 is 10.5 Å². The average Bonchev–Trinajstić information content (AvgIpc) is 2.76. The third kappa shape index (κ3) is 2.12. The summed E-state index contributed by atoms with van der Waals surface area (Å²) in [6.45, 7) is 0. The molecule has 0 bridgehead atoms. The van der Waals surface area contributed by atoms with Crippen LogP contribution in [0.2, 0.25) is 0 Å². The second kappa shape index (κ2) is 4.86. The van der Waals surface area contributed by atoms with Crippen molar-refractivity contribution in [1.29, 1.82) is 0 Å². The molecule has 5 nitrogen and oxygen atoms in total. The summed E-state index contributed by atoms with van der Waals surface area (Å²) < 4.78 is 7.43. The minimum Gasteiger partial charge on any atom is -0.487 e. The standard InChI is InChI=1S/C16H20BrN3O2/c1-20-14(18)19-16(22-20)10-15(7-3-2-4-8-15)21-13-6-5-11(17)9-12(13)16/h5-6,9H,2-4,7-8,10H2,1H3,(H2,18,19). The molecule has 22 heavy (non-hydrogen) atoms. The third-order valence-electron chi connectivity index (χ3n) is 4.92. The first-order valence-corrected chi connectivity index (χ1v) is 8.59. The lowest BCUT2D eigenvalue weighted by Crippen LogP contribution is -2.49. The number of fused-ring (bicyclic) bond motifs is 2. The quantitative estimate of drug-likeness (QED) is 0.766. The first kappa shape index (κ1) is 14.3. The second-order valence-electron chi connectivity index (χ2n) is 6.51. The van der Waals surface area contributed by atoms with Gasteiger partial charge in [0, 0.05) is 17.9 Å². The zero-order valence-electron chi connectivity index (χ0n) is 12.6. The maximum absolute atomic E-state index is 6.44. The van der Waals surface area contributed by atoms with Crippen molar-refractivity contribution in [3.05, 3.63) is 28.2 Å². The van der Waals surface area contributed by atoms with Gasteiger partial charge in [-0.05, 0) is 43.9 Å². The van der Waals surface area contributed by atoms with Crippen molar-refractivity contribution < 1.29 is 9.57 Å². The lowest BCUT2D eigenvalue weighted by atomic mass is 9.75. The number of nitrogens with two attached hydrogens (primary N) is 1. The van der Waals surface area contributed by atoms with Crippen molar-refractivity contribution in [3.8, 4) is 5.75 Å². The molecule has 118 valence electrons. The van der Waals surface area contributed by atoms with Gasteiger partial charge in [0.15, 0.2) is 0 Å². The van der Waals surface area contributed by atoms with Crippen molar-refractivity contribution in [2.45, 2.75) is 49.9 Å². The van der Waals surface area contributed by atoms with Gasteiger partial charge >= 0.3 is 0 Å². The number of guanidine groups is 1. The molecule has 2 spiro atoms. The summed E-state index contributed by atoms with van der Waals surface area (Å²) in [7, 11) is 1.80. The van der Waals surface area contributed by atoms with Gasteiger partial charge in [-0.3, -0.25) is 0 Å². The normalized spacial score (nSPS) is 29.4. The Morgan fingerprint density at radius 2 is 2.05 bits per heavy atom. The number of ether oxygens (including phenoxy) is 1. The van der Waals surface area contributed by atoms with E-state index in [2.05, 4.69) is 20.9 Å². The lowest BCUT2D eigenvalue weighted by Gasteiger charge is -2.46. The van der Waals surface area contributed by atoms with E-state index in [1.54, 1.807) is 12.1 Å². The van der Waals surface area contributed by atoms with Crippen LogP contribution in [0, 0.1) is 0 Å². The van der Waals surface area contributed by atoms with Crippen LogP contribution in [0.3, 0.4) is 0 Å². The third-order valence-corrected chi connectivity index (χ3v) is 5.41. The molecule has 0 amide bonds. The topological polar surface area (TPSA) is 60.1 Å². The first-order valence-electron chi connectivity index (χ1n) is 7.79. The van der Waals surface area contributed by atoms with E-state index in [-0.39, 0.29) is 5.60 Å². The van der Waals surface area contributed by atoms with E-state index >= 15 is 0 Å². The lowest BCUT2D eigenvalue weighted by molar-refractivity contribution is -0.207. The fourth-order valence-corrected chi connectivity index (χ4v) is 4.26. The average molecular weight is 366 g/mol. The number of nitrogens with zero attached hydrogens (tertiary/aromatic N) is 2. The molecule has 0 radical (unpaired) electrons. The number of hydrogen-bond donors (Lipinski definition) is 1. The number of aliphatic imine (C=N–C) groups is 1. The van der Waals surface area contributed by atoms with Crippen LogP contribution in [0.15, 0.2) is 27.7 Å². The highest BCUT2D eigenvalue weighted by Gasteiger charge is 2.54. The summed E-state index contributed by atoms with van der Waals surface area (Å²) in [5, 5.41) is 1.56. The minimum atomic E-state index is -0.756. The van der Waals surface area contributed by atoms with Crippen molar-refractivity contribution in [2.24, 2.45) is 10.7 Å². The Kier molecular flexibility index (Phi) is 3.17. The van der Waals surface area contributed by atoms with Gasteiger partial charge in [-0.25, -0.2) is 14.9 Å². The van der Waals surface area contributed by atoms with Crippen molar-refractivity contribution in [1.82, 2.24) is 5.06 Å². The molecular weight excluding hydrogens is 346 g/mol. The molecule has 2 heterocycles. The van der Waals surface area contributed by atoms with E-state index < -0.39 is 5.72 Å². The molecule has 1 saturated carbocycles. The van der Waals surface area contributed by atoms with Gasteiger partial charge in [0.05, 0.1) is 5.56 Å². The Hall–Kier alpha value is -1.27. The van der Waals surface area contributed by atoms with Crippen molar-refractivity contribution in [2.75, 3.05) is 7.05 Å². The van der Waals surface area contributed by atoms with Crippen LogP contribution in [0.25, 0.3) is 0 Å². The van der Waals surface area contributed by atoms with Gasteiger partial charge in [-0.2, -0.15) is 0 Å². The molecule has 1 atom stereocenters. The van der Waals surface area contributed by atoms with Crippen LogP contribution in [0.5, 0.6) is 5.75 Å². The molecule has 1 unspecified atom stereocenters. The molecule has 1 aromatic carbocycles. The number of hydroxylamine groups is 2. The van der Waals surface area contributed by atoms with Gasteiger partial charge in [0.25, 0.3) is 0 Å². The second-order valence-corrected chi connectivity index (χ2v) is 7.42. The van der Waals surface area contributed by atoms with E-state index in [9.17, 15) is 0 Å². The van der Waals surface area contributed by atoms with E-state index in [4.69, 9.17) is 15.3 Å². The SMILES string of the molecule is CN1OC2(CC3(CCCCC3)Oc3ccc(Br)cc32)N=C1N. The Morgan fingerprint density at radius 1 is 1.27 bits per heavy atom. The summed E-state index contributed by atoms with van der Waals surface area (Å²) in [5.41, 5.74) is 6.00. The first-order chi connectivity index (χ1) is 10.5. The predicted octanol–water partition coefficient (Wildman–Crippen LogP) is 3.28. The highest BCUT2D eigenvalue weighted by Crippen LogP contribution is 2.53. The van der Waals surface area contributed by atoms with E-state index in [0.29, 0.717) is 12.4 Å². The fourth-order valence-electron chi connectivity index (χ4n) is 3.90. The molecule has 1 aromatic rings. The largest absolute Gasteiger partial charge is 0.487 e. The van der Waals surface area contributed by atoms with E-state index in [0.717, 1.165) is 28.6 Å². The molecule has 6 heteroatoms. The Balaban J connectivity index is 1.84. The predicted molar refractivity (Wildman–Crippen MR) is 87.4 cm³/mol. The summed E-state index contributed by atoms with van der Waals surface area (Å²) in [6.07, 6.45) is 6.47. The number of benzene rings is 1. The summed E-state index contributed by atoms with van der Waals surface area (Å²) in [5.74, 6) is 1.28. The van der Waals surface area contributed by atoms with Crippen LogP contribution in [-0.2, 0) is 10.6 Å². The summed E-state index contributed by atoms with van der Waals surface area (Å²) >= 11 is 3.53. The minimum absolute atomic E-state index is 0.186. The Morgan fingerprint density at radius 3 is 2.73 bits per heavy atom. The van der Waals surface area contributed by atoms with Crippen LogP contribution >= 0.6 is 15.9 Å². The molecule has 3 aliphatic rings. The molecule has 2 aliphatic heterocycles. The monoisotopic (exact) mass is 365 g/mol. The smallest absolute Gasteiger partial charge is 0.222 e. The van der Waals surface area contributed by atoms with Gasteiger partial charge in [-0.1, -0.05) is 22.4 Å². The number of rotatable bonds is 0. The van der Waals surface area contributed by atoms with E-state index in [1.165, 1.54) is 19.3 Å². The fraction of sp³-hybridized carbons (Fsp3) is 0.562. The zero-order chi connectivity index (χ0) is 15.4. The van der Waals surface area contributed by atoms with Crippen LogP contribution in [0.4, 0.5) is 0 Å².